The number of hydrogen-bond acceptors (Lipinski definition) is 3. The minimum absolute atomic E-state index is 0.457. The van der Waals surface area contributed by atoms with Crippen LogP contribution in [0.25, 0.3) is 10.1 Å². The zero-order valence-corrected chi connectivity index (χ0v) is 9.89. The smallest absolute Gasteiger partial charge is 0.102 e. The van der Waals surface area contributed by atoms with E-state index < -0.39 is 0 Å². The number of nitriles is 2. The van der Waals surface area contributed by atoms with Crippen LogP contribution in [0.4, 0.5) is 0 Å². The molecular weight excluding hydrogens is 307 g/mol. The van der Waals surface area contributed by atoms with Crippen LogP contribution in [0.1, 0.15) is 11.1 Å². The van der Waals surface area contributed by atoms with Gasteiger partial charge < -0.3 is 0 Å². The lowest BCUT2D eigenvalue weighted by Crippen LogP contribution is -1.83. The second-order valence-corrected chi connectivity index (χ2v) is 4.71. The first-order valence-corrected chi connectivity index (χ1v) is 5.73. The lowest BCUT2D eigenvalue weighted by atomic mass is 10.1. The van der Waals surface area contributed by atoms with Crippen LogP contribution in [0, 0.1) is 26.2 Å². The average molecular weight is 310 g/mol. The highest BCUT2D eigenvalue weighted by Crippen LogP contribution is 2.31. The number of thiophene rings is 1. The maximum atomic E-state index is 8.96. The Kier molecular flexibility index (Phi) is 2.40. The average Bonchev–Trinajstić information content (AvgIpc) is 2.59. The molecule has 1 aromatic heterocycles. The molecule has 2 rings (SSSR count). The molecule has 0 aliphatic heterocycles. The summed E-state index contributed by atoms with van der Waals surface area (Å²) in [5.41, 5.74) is 0.955. The topological polar surface area (TPSA) is 47.6 Å². The third-order valence-corrected chi connectivity index (χ3v) is 4.26. The zero-order chi connectivity index (χ0) is 10.1. The molecule has 14 heavy (non-hydrogen) atoms. The lowest BCUT2D eigenvalue weighted by molar-refractivity contribution is 1.46. The summed E-state index contributed by atoms with van der Waals surface area (Å²) in [6, 6.07) is 7.72. The van der Waals surface area contributed by atoms with Gasteiger partial charge in [-0.05, 0) is 28.7 Å². The van der Waals surface area contributed by atoms with E-state index in [1.807, 2.05) is 17.5 Å². The Morgan fingerprint density at radius 3 is 2.64 bits per heavy atom. The van der Waals surface area contributed by atoms with Gasteiger partial charge in [-0.1, -0.05) is 6.07 Å². The van der Waals surface area contributed by atoms with Gasteiger partial charge in [0.15, 0.2) is 0 Å². The van der Waals surface area contributed by atoms with Crippen LogP contribution in [0.5, 0.6) is 0 Å². The minimum Gasteiger partial charge on any atom is -0.192 e. The largest absolute Gasteiger partial charge is 0.192 e. The standard InChI is InChI=1S/C10H3IN2S/c11-9-5-14-10-7(9)2-1-6(3-12)8(10)4-13/h1-2,5H. The third-order valence-electron chi connectivity index (χ3n) is 1.93. The maximum absolute atomic E-state index is 8.96. The summed E-state index contributed by atoms with van der Waals surface area (Å²) < 4.78 is 2.04. The van der Waals surface area contributed by atoms with Crippen LogP contribution in [0.15, 0.2) is 17.5 Å². The highest BCUT2D eigenvalue weighted by atomic mass is 127. The fourth-order valence-electron chi connectivity index (χ4n) is 1.27. The highest BCUT2D eigenvalue weighted by molar-refractivity contribution is 14.1. The summed E-state index contributed by atoms with van der Waals surface area (Å²) in [6.07, 6.45) is 0. The van der Waals surface area contributed by atoms with Gasteiger partial charge in [0, 0.05) is 14.3 Å². The Balaban J connectivity index is 2.95. The molecule has 0 fully saturated rings. The van der Waals surface area contributed by atoms with Gasteiger partial charge in [-0.3, -0.25) is 0 Å². The van der Waals surface area contributed by atoms with Crippen molar-refractivity contribution in [3.8, 4) is 12.1 Å². The van der Waals surface area contributed by atoms with Crippen molar-refractivity contribution in [2.24, 2.45) is 0 Å². The van der Waals surface area contributed by atoms with Gasteiger partial charge in [0.1, 0.15) is 12.1 Å². The van der Waals surface area contributed by atoms with Crippen molar-refractivity contribution in [3.63, 3.8) is 0 Å². The Morgan fingerprint density at radius 2 is 2.00 bits per heavy atom. The number of nitrogens with zero attached hydrogens (tertiary/aromatic N) is 2. The highest BCUT2D eigenvalue weighted by Gasteiger charge is 2.10. The second-order valence-electron chi connectivity index (χ2n) is 2.67. The van der Waals surface area contributed by atoms with Crippen LogP contribution in [0.3, 0.4) is 0 Å². The molecule has 0 aliphatic carbocycles. The molecule has 0 radical (unpaired) electrons. The van der Waals surface area contributed by atoms with E-state index in [9.17, 15) is 0 Å². The van der Waals surface area contributed by atoms with Gasteiger partial charge in [-0.25, -0.2) is 0 Å². The first-order valence-electron chi connectivity index (χ1n) is 3.78. The van der Waals surface area contributed by atoms with Gasteiger partial charge in [0.25, 0.3) is 0 Å². The van der Waals surface area contributed by atoms with Crippen LogP contribution >= 0.6 is 33.9 Å². The predicted molar refractivity (Wildman–Crippen MR) is 64.0 cm³/mol. The van der Waals surface area contributed by atoms with Gasteiger partial charge in [-0.2, -0.15) is 10.5 Å². The van der Waals surface area contributed by atoms with E-state index in [0.717, 1.165) is 13.7 Å². The number of halogens is 1. The summed E-state index contributed by atoms with van der Waals surface area (Å²) in [4.78, 5) is 0. The Labute approximate surface area is 98.5 Å². The Bertz CT molecular complexity index is 586. The van der Waals surface area contributed by atoms with Crippen molar-refractivity contribution in [1.29, 1.82) is 10.5 Å². The van der Waals surface area contributed by atoms with Gasteiger partial charge >= 0.3 is 0 Å². The van der Waals surface area contributed by atoms with Crippen LogP contribution < -0.4 is 0 Å². The molecule has 0 saturated carbocycles. The summed E-state index contributed by atoms with van der Waals surface area (Å²) in [6.45, 7) is 0. The molecule has 0 saturated heterocycles. The molecule has 0 bridgehead atoms. The van der Waals surface area contributed by atoms with Crippen molar-refractivity contribution in [3.05, 3.63) is 32.2 Å². The lowest BCUT2D eigenvalue weighted by Gasteiger charge is -1.95. The van der Waals surface area contributed by atoms with E-state index in [4.69, 9.17) is 10.5 Å². The monoisotopic (exact) mass is 310 g/mol. The van der Waals surface area contributed by atoms with Gasteiger partial charge in [0.2, 0.25) is 0 Å². The molecule has 2 nitrogen and oxygen atoms in total. The van der Waals surface area contributed by atoms with Crippen molar-refractivity contribution in [2.45, 2.75) is 0 Å². The third kappa shape index (κ3) is 1.28. The molecule has 66 valence electrons. The fourth-order valence-corrected chi connectivity index (χ4v) is 3.21. The van der Waals surface area contributed by atoms with E-state index in [0.29, 0.717) is 11.1 Å². The molecule has 0 amide bonds. The van der Waals surface area contributed by atoms with E-state index >= 15 is 0 Å². The predicted octanol–water partition coefficient (Wildman–Crippen LogP) is 3.25. The molecule has 0 aliphatic rings. The minimum atomic E-state index is 0.457. The first kappa shape index (κ1) is 9.45. The quantitative estimate of drug-likeness (QED) is 0.701. The number of benzene rings is 1. The number of rotatable bonds is 0. The molecule has 0 N–H and O–H groups in total. The number of hydrogen-bond donors (Lipinski definition) is 0. The summed E-state index contributed by atoms with van der Waals surface area (Å²) >= 11 is 3.74. The van der Waals surface area contributed by atoms with E-state index in [-0.39, 0.29) is 0 Å². The molecular formula is C10H3IN2S. The summed E-state index contributed by atoms with van der Waals surface area (Å²) in [7, 11) is 0. The Hall–Kier alpha value is -1.11. The second kappa shape index (κ2) is 3.56. The number of fused-ring (bicyclic) bond motifs is 1. The van der Waals surface area contributed by atoms with Crippen LogP contribution in [0.2, 0.25) is 0 Å². The van der Waals surface area contributed by atoms with E-state index in [1.54, 1.807) is 6.07 Å². The van der Waals surface area contributed by atoms with Crippen LogP contribution in [-0.2, 0) is 0 Å². The molecule has 2 aromatic rings. The van der Waals surface area contributed by atoms with Gasteiger partial charge in [0.05, 0.1) is 15.8 Å². The van der Waals surface area contributed by atoms with Crippen molar-refractivity contribution in [1.82, 2.24) is 0 Å². The molecule has 0 spiro atoms. The maximum Gasteiger partial charge on any atom is 0.102 e. The zero-order valence-electron chi connectivity index (χ0n) is 6.91. The normalized spacial score (nSPS) is 9.64. The van der Waals surface area contributed by atoms with Crippen molar-refractivity contribution >= 4 is 44.0 Å². The van der Waals surface area contributed by atoms with Crippen molar-refractivity contribution < 1.29 is 0 Å². The SMILES string of the molecule is N#Cc1ccc2c(I)csc2c1C#N. The van der Waals surface area contributed by atoms with Gasteiger partial charge in [-0.15, -0.1) is 11.3 Å². The summed E-state index contributed by atoms with van der Waals surface area (Å²) in [5.74, 6) is 0. The molecule has 4 heteroatoms. The fraction of sp³-hybridized carbons (Fsp3) is 0. The van der Waals surface area contributed by atoms with Crippen molar-refractivity contribution in [2.75, 3.05) is 0 Å². The first-order chi connectivity index (χ1) is 6.77. The van der Waals surface area contributed by atoms with E-state index in [2.05, 4.69) is 28.7 Å². The summed E-state index contributed by atoms with van der Waals surface area (Å²) in [5, 5.41) is 20.8. The Morgan fingerprint density at radius 1 is 1.21 bits per heavy atom. The molecule has 1 heterocycles. The van der Waals surface area contributed by atoms with E-state index in [1.165, 1.54) is 11.3 Å². The molecule has 0 unspecified atom stereocenters. The van der Waals surface area contributed by atoms with Crippen LogP contribution in [-0.4, -0.2) is 0 Å². The molecule has 1 aromatic carbocycles. The molecule has 0 atom stereocenters.